The summed E-state index contributed by atoms with van der Waals surface area (Å²) in [7, 11) is 0. The number of carbonyl (C=O) groups excluding carboxylic acids is 2. The van der Waals surface area contributed by atoms with E-state index in [1.165, 1.54) is 6.92 Å². The van der Waals surface area contributed by atoms with E-state index in [4.69, 9.17) is 10.6 Å². The Morgan fingerprint density at radius 3 is 2.56 bits per heavy atom. The lowest BCUT2D eigenvalue weighted by Gasteiger charge is -2.23. The topological polar surface area (TPSA) is 106 Å². The fourth-order valence-corrected chi connectivity index (χ4v) is 1.28. The van der Waals surface area contributed by atoms with Gasteiger partial charge >= 0.3 is 0 Å². The fourth-order valence-electron chi connectivity index (χ4n) is 1.28. The summed E-state index contributed by atoms with van der Waals surface area (Å²) >= 11 is 0. The molecular weight excluding hydrogens is 236 g/mol. The van der Waals surface area contributed by atoms with Gasteiger partial charge in [-0.3, -0.25) is 9.59 Å². The number of carbonyl (C=O) groups is 2. The molecule has 1 aliphatic rings. The van der Waals surface area contributed by atoms with E-state index in [9.17, 15) is 9.59 Å². The van der Waals surface area contributed by atoms with E-state index in [0.29, 0.717) is 6.04 Å². The molecule has 102 valence electrons. The van der Waals surface area contributed by atoms with Gasteiger partial charge in [-0.25, -0.2) is 0 Å². The van der Waals surface area contributed by atoms with Gasteiger partial charge in [0.05, 0.1) is 5.54 Å². The van der Waals surface area contributed by atoms with E-state index < -0.39 is 5.54 Å². The maximum atomic E-state index is 11.3. The summed E-state index contributed by atoms with van der Waals surface area (Å²) in [4.78, 5) is 27.1. The monoisotopic (exact) mass is 256 g/mol. The van der Waals surface area contributed by atoms with Crippen LogP contribution >= 0.6 is 0 Å². The molecule has 0 radical (unpaired) electrons. The first-order valence-corrected chi connectivity index (χ1v) is 5.85. The number of oxime groups is 1. The highest BCUT2D eigenvalue weighted by Crippen LogP contribution is 2.18. The molecule has 7 heteroatoms. The van der Waals surface area contributed by atoms with Crippen molar-refractivity contribution in [2.45, 2.75) is 45.2 Å². The van der Waals surface area contributed by atoms with Crippen LogP contribution in [0.25, 0.3) is 0 Å². The molecule has 0 aliphatic heterocycles. The van der Waals surface area contributed by atoms with Crippen molar-refractivity contribution in [3.63, 3.8) is 0 Å². The third kappa shape index (κ3) is 5.03. The first-order valence-electron chi connectivity index (χ1n) is 5.85. The second-order valence-corrected chi connectivity index (χ2v) is 4.90. The zero-order valence-electron chi connectivity index (χ0n) is 10.9. The van der Waals surface area contributed by atoms with Gasteiger partial charge in [0.25, 0.3) is 5.91 Å². The van der Waals surface area contributed by atoms with Gasteiger partial charge in [0.15, 0.2) is 12.4 Å². The number of nitrogens with zero attached hydrogens (tertiary/aromatic N) is 1. The molecule has 2 amide bonds. The average molecular weight is 256 g/mol. The zero-order chi connectivity index (χ0) is 13.8. The number of hydrogen-bond donors (Lipinski definition) is 3. The van der Waals surface area contributed by atoms with Crippen LogP contribution in [0.5, 0.6) is 0 Å². The molecule has 0 aromatic rings. The lowest BCUT2D eigenvalue weighted by molar-refractivity contribution is -0.126. The molecule has 1 saturated carbocycles. The lowest BCUT2D eigenvalue weighted by Crippen LogP contribution is -2.52. The standard InChI is InChI=1S/C11H20N4O3/c1-7(16)14-11(2,3)10(12)15-18-6-9(17)13-8-4-5-8/h8H,4-6H2,1-3H3,(H2,12,15)(H,13,17)(H,14,16). The van der Waals surface area contributed by atoms with Crippen LogP contribution < -0.4 is 16.4 Å². The molecule has 7 nitrogen and oxygen atoms in total. The van der Waals surface area contributed by atoms with Crippen molar-refractivity contribution < 1.29 is 14.4 Å². The average Bonchev–Trinajstić information content (AvgIpc) is 2.99. The van der Waals surface area contributed by atoms with Crippen molar-refractivity contribution in [1.29, 1.82) is 0 Å². The van der Waals surface area contributed by atoms with Crippen LogP contribution in [-0.4, -0.2) is 35.8 Å². The second-order valence-electron chi connectivity index (χ2n) is 4.90. The van der Waals surface area contributed by atoms with Crippen molar-refractivity contribution in [3.05, 3.63) is 0 Å². The van der Waals surface area contributed by atoms with Gasteiger partial charge in [0.1, 0.15) is 0 Å². The second kappa shape index (κ2) is 5.70. The Morgan fingerprint density at radius 1 is 1.44 bits per heavy atom. The number of amides is 2. The maximum absolute atomic E-state index is 11.3. The predicted octanol–water partition coefficient (Wildman–Crippen LogP) is -0.531. The zero-order valence-corrected chi connectivity index (χ0v) is 10.9. The van der Waals surface area contributed by atoms with Crippen LogP contribution in [0.3, 0.4) is 0 Å². The maximum Gasteiger partial charge on any atom is 0.260 e. The van der Waals surface area contributed by atoms with E-state index in [-0.39, 0.29) is 24.3 Å². The molecule has 0 spiro atoms. The SMILES string of the molecule is CC(=O)NC(C)(C)C(N)=NOCC(=O)NC1CC1. The summed E-state index contributed by atoms with van der Waals surface area (Å²) in [6.45, 7) is 4.61. The number of nitrogens with two attached hydrogens (primary N) is 1. The molecule has 0 heterocycles. The molecular formula is C11H20N4O3. The highest BCUT2D eigenvalue weighted by atomic mass is 16.6. The van der Waals surface area contributed by atoms with Gasteiger partial charge in [-0.1, -0.05) is 5.16 Å². The van der Waals surface area contributed by atoms with Crippen molar-refractivity contribution in [2.24, 2.45) is 10.9 Å². The summed E-state index contributed by atoms with van der Waals surface area (Å²) in [5.74, 6) is -0.326. The quantitative estimate of drug-likeness (QED) is 0.337. The molecule has 0 aromatic carbocycles. The predicted molar refractivity (Wildman–Crippen MR) is 66.6 cm³/mol. The third-order valence-electron chi connectivity index (χ3n) is 2.43. The first-order chi connectivity index (χ1) is 8.31. The van der Waals surface area contributed by atoms with Gasteiger partial charge < -0.3 is 21.2 Å². The van der Waals surface area contributed by atoms with E-state index in [0.717, 1.165) is 12.8 Å². The Kier molecular flexibility index (Phi) is 4.52. The van der Waals surface area contributed by atoms with Crippen molar-refractivity contribution in [3.8, 4) is 0 Å². The smallest absolute Gasteiger partial charge is 0.260 e. The molecule has 18 heavy (non-hydrogen) atoms. The summed E-state index contributed by atoms with van der Waals surface area (Å²) in [6.07, 6.45) is 2.04. The van der Waals surface area contributed by atoms with Crippen LogP contribution in [0, 0.1) is 0 Å². The van der Waals surface area contributed by atoms with Crippen LogP contribution in [-0.2, 0) is 14.4 Å². The molecule has 0 unspecified atom stereocenters. The molecule has 4 N–H and O–H groups in total. The van der Waals surface area contributed by atoms with Crippen molar-refractivity contribution >= 4 is 17.6 Å². The molecule has 1 fully saturated rings. The van der Waals surface area contributed by atoms with Crippen LogP contribution in [0.15, 0.2) is 5.16 Å². The van der Waals surface area contributed by atoms with E-state index in [2.05, 4.69) is 15.8 Å². The fraction of sp³-hybridized carbons (Fsp3) is 0.727. The first kappa shape index (κ1) is 14.3. The molecule has 0 atom stereocenters. The Balaban J connectivity index is 2.35. The minimum Gasteiger partial charge on any atom is -0.384 e. The highest BCUT2D eigenvalue weighted by Gasteiger charge is 2.25. The van der Waals surface area contributed by atoms with Gasteiger partial charge in [0, 0.05) is 13.0 Å². The minimum absolute atomic E-state index is 0.108. The Hall–Kier alpha value is -1.79. The molecule has 0 saturated heterocycles. The Labute approximate surface area is 106 Å². The number of rotatable bonds is 6. The Bertz CT molecular complexity index is 361. The van der Waals surface area contributed by atoms with Crippen LogP contribution in [0.1, 0.15) is 33.6 Å². The molecule has 0 bridgehead atoms. The summed E-state index contributed by atoms with van der Waals surface area (Å²) in [6, 6.07) is 0.290. The molecule has 1 rings (SSSR count). The lowest BCUT2D eigenvalue weighted by atomic mass is 10.0. The molecule has 0 aromatic heterocycles. The summed E-state index contributed by atoms with van der Waals surface area (Å²) in [5, 5.41) is 9.01. The van der Waals surface area contributed by atoms with Crippen LogP contribution in [0.4, 0.5) is 0 Å². The summed E-state index contributed by atoms with van der Waals surface area (Å²) < 4.78 is 0. The van der Waals surface area contributed by atoms with Gasteiger partial charge in [-0.05, 0) is 26.7 Å². The van der Waals surface area contributed by atoms with Gasteiger partial charge in [-0.15, -0.1) is 0 Å². The number of amidine groups is 1. The Morgan fingerprint density at radius 2 is 2.06 bits per heavy atom. The normalized spacial score (nSPS) is 16.1. The highest BCUT2D eigenvalue weighted by molar-refractivity contribution is 5.92. The van der Waals surface area contributed by atoms with E-state index in [1.54, 1.807) is 13.8 Å². The van der Waals surface area contributed by atoms with Gasteiger partial charge in [-0.2, -0.15) is 0 Å². The number of nitrogens with one attached hydrogen (secondary N) is 2. The largest absolute Gasteiger partial charge is 0.384 e. The third-order valence-corrected chi connectivity index (χ3v) is 2.43. The van der Waals surface area contributed by atoms with E-state index >= 15 is 0 Å². The van der Waals surface area contributed by atoms with Crippen molar-refractivity contribution in [2.75, 3.05) is 6.61 Å². The molecule has 1 aliphatic carbocycles. The number of hydrogen-bond acceptors (Lipinski definition) is 4. The minimum atomic E-state index is -0.807. The summed E-state index contributed by atoms with van der Waals surface area (Å²) in [5.41, 5.74) is 4.87. The van der Waals surface area contributed by atoms with E-state index in [1.807, 2.05) is 0 Å². The van der Waals surface area contributed by atoms with Gasteiger partial charge in [0.2, 0.25) is 5.91 Å². The van der Waals surface area contributed by atoms with Crippen molar-refractivity contribution in [1.82, 2.24) is 10.6 Å². The van der Waals surface area contributed by atoms with Crippen LogP contribution in [0.2, 0.25) is 0 Å².